The van der Waals surface area contributed by atoms with Crippen LogP contribution in [0.3, 0.4) is 0 Å². The second kappa shape index (κ2) is 10.3. The molecular formula is C25H30ClN3O3. The Balaban J connectivity index is 1.26. The summed E-state index contributed by atoms with van der Waals surface area (Å²) in [5.41, 5.74) is 1.99. The number of urea groups is 1. The summed E-state index contributed by atoms with van der Waals surface area (Å²) >= 11 is 6.16. The first-order valence-corrected chi connectivity index (χ1v) is 11.7. The molecule has 0 aliphatic carbocycles. The lowest BCUT2D eigenvalue weighted by molar-refractivity contribution is -0.126. The molecule has 2 heterocycles. The third-order valence-corrected chi connectivity index (χ3v) is 6.37. The van der Waals surface area contributed by atoms with E-state index in [4.69, 9.17) is 16.3 Å². The minimum atomic E-state index is -0.0909. The molecule has 32 heavy (non-hydrogen) atoms. The zero-order valence-electron chi connectivity index (χ0n) is 18.4. The van der Waals surface area contributed by atoms with Crippen LogP contribution in [0.25, 0.3) is 0 Å². The fourth-order valence-corrected chi connectivity index (χ4v) is 4.55. The van der Waals surface area contributed by atoms with Gasteiger partial charge in [-0.3, -0.25) is 9.69 Å². The molecule has 170 valence electrons. The lowest BCUT2D eigenvalue weighted by Gasteiger charge is -2.39. The van der Waals surface area contributed by atoms with Gasteiger partial charge in [0, 0.05) is 30.6 Å². The molecule has 1 fully saturated rings. The van der Waals surface area contributed by atoms with Gasteiger partial charge in [0.25, 0.3) is 0 Å². The number of carbonyl (C=O) groups excluding carboxylic acids is 2. The lowest BCUT2D eigenvalue weighted by atomic mass is 9.96. The highest BCUT2D eigenvalue weighted by Crippen LogP contribution is 2.36. The maximum atomic E-state index is 13.2. The van der Waals surface area contributed by atoms with Crippen molar-refractivity contribution < 1.29 is 14.3 Å². The molecule has 0 bridgehead atoms. The summed E-state index contributed by atoms with van der Waals surface area (Å²) in [6.07, 6.45) is 3.14. The Bertz CT molecular complexity index is 945. The van der Waals surface area contributed by atoms with Crippen LogP contribution < -0.4 is 15.0 Å². The molecule has 0 radical (unpaired) electrons. The molecule has 4 rings (SSSR count). The van der Waals surface area contributed by atoms with Gasteiger partial charge in [-0.15, -0.1) is 0 Å². The van der Waals surface area contributed by atoms with Crippen LogP contribution in [0.2, 0.25) is 5.02 Å². The summed E-state index contributed by atoms with van der Waals surface area (Å²) < 4.78 is 5.85. The lowest BCUT2D eigenvalue weighted by Crippen LogP contribution is -2.52. The molecule has 0 aromatic heterocycles. The average molecular weight is 456 g/mol. The van der Waals surface area contributed by atoms with E-state index in [1.54, 1.807) is 17.0 Å². The van der Waals surface area contributed by atoms with Gasteiger partial charge in [0.15, 0.2) is 0 Å². The zero-order chi connectivity index (χ0) is 22.5. The molecule has 1 saturated heterocycles. The Kier molecular flexibility index (Phi) is 7.20. The number of halogens is 1. The number of anilines is 1. The first-order valence-electron chi connectivity index (χ1n) is 11.4. The van der Waals surface area contributed by atoms with Crippen molar-refractivity contribution in [2.45, 2.75) is 38.7 Å². The average Bonchev–Trinajstić information content (AvgIpc) is 2.82. The normalized spacial score (nSPS) is 18.6. The Labute approximate surface area is 194 Å². The highest BCUT2D eigenvalue weighted by atomic mass is 35.5. The molecular weight excluding hydrogens is 426 g/mol. The van der Waals surface area contributed by atoms with Gasteiger partial charge in [-0.2, -0.15) is 0 Å². The second-order valence-electron chi connectivity index (χ2n) is 8.58. The number of hydrogen-bond acceptors (Lipinski definition) is 3. The smallest absolute Gasteiger partial charge is 0.324 e. The van der Waals surface area contributed by atoms with Crippen molar-refractivity contribution in [1.29, 1.82) is 0 Å². The van der Waals surface area contributed by atoms with Gasteiger partial charge < -0.3 is 15.0 Å². The fourth-order valence-electron chi connectivity index (χ4n) is 4.39. The Morgan fingerprint density at radius 1 is 1.12 bits per heavy atom. The minimum Gasteiger partial charge on any atom is -0.487 e. The van der Waals surface area contributed by atoms with E-state index in [2.05, 4.69) is 17.4 Å². The number of aryl methyl sites for hydroxylation is 1. The molecule has 6 nitrogen and oxygen atoms in total. The van der Waals surface area contributed by atoms with Crippen molar-refractivity contribution in [1.82, 2.24) is 10.2 Å². The number of nitrogens with zero attached hydrogens (tertiary/aromatic N) is 2. The summed E-state index contributed by atoms with van der Waals surface area (Å²) in [4.78, 5) is 29.4. The number of rotatable bonds is 5. The molecule has 0 spiro atoms. The summed E-state index contributed by atoms with van der Waals surface area (Å²) in [6, 6.07) is 15.6. The number of ether oxygens (including phenoxy) is 1. The van der Waals surface area contributed by atoms with Gasteiger partial charge >= 0.3 is 6.03 Å². The van der Waals surface area contributed by atoms with Crippen LogP contribution in [0.15, 0.2) is 48.5 Å². The van der Waals surface area contributed by atoms with Gasteiger partial charge in [-0.05, 0) is 56.4 Å². The summed E-state index contributed by atoms with van der Waals surface area (Å²) in [6.45, 7) is 4.25. The predicted octanol–water partition coefficient (Wildman–Crippen LogP) is 4.51. The van der Waals surface area contributed by atoms with E-state index in [1.807, 2.05) is 36.1 Å². The van der Waals surface area contributed by atoms with Crippen molar-refractivity contribution in [3.8, 4) is 5.75 Å². The Morgan fingerprint density at radius 2 is 1.88 bits per heavy atom. The second-order valence-corrected chi connectivity index (χ2v) is 9.01. The highest BCUT2D eigenvalue weighted by Gasteiger charge is 2.34. The summed E-state index contributed by atoms with van der Waals surface area (Å²) in [5.74, 6) is 0.731. The van der Waals surface area contributed by atoms with E-state index < -0.39 is 0 Å². The largest absolute Gasteiger partial charge is 0.487 e. The van der Waals surface area contributed by atoms with Gasteiger partial charge in [-0.25, -0.2) is 4.79 Å². The molecule has 2 aliphatic heterocycles. The van der Waals surface area contributed by atoms with Gasteiger partial charge in [0.2, 0.25) is 5.91 Å². The number of piperidine rings is 1. The summed E-state index contributed by atoms with van der Waals surface area (Å²) in [5, 5.41) is 3.64. The first-order chi connectivity index (χ1) is 15.5. The van der Waals surface area contributed by atoms with Crippen molar-refractivity contribution in [3.05, 3.63) is 59.1 Å². The maximum Gasteiger partial charge on any atom is 0.324 e. The van der Waals surface area contributed by atoms with Crippen LogP contribution in [0.4, 0.5) is 10.5 Å². The number of fused-ring (bicyclic) bond motifs is 1. The van der Waals surface area contributed by atoms with Crippen LogP contribution >= 0.6 is 11.6 Å². The molecule has 0 saturated carbocycles. The molecule has 1 atom stereocenters. The Hall–Kier alpha value is -2.73. The van der Waals surface area contributed by atoms with Crippen LogP contribution in [-0.2, 0) is 11.2 Å². The van der Waals surface area contributed by atoms with Crippen molar-refractivity contribution in [2.24, 2.45) is 5.92 Å². The molecule has 7 heteroatoms. The zero-order valence-corrected chi connectivity index (χ0v) is 19.2. The van der Waals surface area contributed by atoms with Crippen molar-refractivity contribution in [2.75, 3.05) is 31.1 Å². The third kappa shape index (κ3) is 5.36. The SMILES string of the molecule is CC1CN(C(=O)N2CCC(C(=O)NCCCc3ccccc3)CC2)c2cc(Cl)ccc2O1. The van der Waals surface area contributed by atoms with E-state index in [1.165, 1.54) is 5.56 Å². The van der Waals surface area contributed by atoms with Crippen molar-refractivity contribution in [3.63, 3.8) is 0 Å². The highest BCUT2D eigenvalue weighted by molar-refractivity contribution is 6.31. The van der Waals surface area contributed by atoms with Gasteiger partial charge in [0.1, 0.15) is 11.9 Å². The predicted molar refractivity (Wildman–Crippen MR) is 126 cm³/mol. The standard InChI is InChI=1S/C25H30ClN3O3/c1-18-17-29(22-16-21(26)9-10-23(22)32-18)25(31)28-14-11-20(12-15-28)24(30)27-13-5-8-19-6-3-2-4-7-19/h2-4,6-7,9-10,16,18,20H,5,8,11-15,17H2,1H3,(H,27,30). The monoisotopic (exact) mass is 455 g/mol. The number of hydrogen-bond donors (Lipinski definition) is 1. The Morgan fingerprint density at radius 3 is 2.62 bits per heavy atom. The topological polar surface area (TPSA) is 61.9 Å². The van der Waals surface area contributed by atoms with Gasteiger partial charge in [-0.1, -0.05) is 41.9 Å². The summed E-state index contributed by atoms with van der Waals surface area (Å²) in [7, 11) is 0. The number of amides is 3. The van der Waals surface area contributed by atoms with Crippen LogP contribution in [0.5, 0.6) is 5.75 Å². The first kappa shape index (κ1) is 22.5. The molecule has 3 amide bonds. The molecule has 1 unspecified atom stereocenters. The third-order valence-electron chi connectivity index (χ3n) is 6.13. The van der Waals surface area contributed by atoms with Crippen LogP contribution in [0, 0.1) is 5.92 Å². The number of carbonyl (C=O) groups is 2. The van der Waals surface area contributed by atoms with Crippen LogP contribution in [-0.4, -0.2) is 49.1 Å². The van der Waals surface area contributed by atoms with E-state index in [0.29, 0.717) is 55.5 Å². The molecule has 1 N–H and O–H groups in total. The van der Waals surface area contributed by atoms with E-state index in [0.717, 1.165) is 12.8 Å². The van der Waals surface area contributed by atoms with E-state index in [9.17, 15) is 9.59 Å². The van der Waals surface area contributed by atoms with Gasteiger partial charge in [0.05, 0.1) is 12.2 Å². The number of nitrogens with one attached hydrogen (secondary N) is 1. The number of likely N-dealkylation sites (tertiary alicyclic amines) is 1. The van der Waals surface area contributed by atoms with E-state index in [-0.39, 0.29) is 24.0 Å². The minimum absolute atomic E-state index is 0.0406. The molecule has 2 aromatic carbocycles. The number of benzene rings is 2. The van der Waals surface area contributed by atoms with Crippen molar-refractivity contribution >= 4 is 29.2 Å². The molecule has 2 aromatic rings. The van der Waals surface area contributed by atoms with E-state index >= 15 is 0 Å². The quantitative estimate of drug-likeness (QED) is 0.675. The fraction of sp³-hybridized carbons (Fsp3) is 0.440. The molecule has 2 aliphatic rings. The van der Waals surface area contributed by atoms with Crippen LogP contribution in [0.1, 0.15) is 31.7 Å². The maximum absolute atomic E-state index is 13.2.